The molecule has 1 aliphatic rings. The molecule has 19 heteroatoms. The summed E-state index contributed by atoms with van der Waals surface area (Å²) in [5.41, 5.74) is 0. The predicted molar refractivity (Wildman–Crippen MR) is 408 cm³/mol. The number of rotatable bonds is 76. The largest absolute Gasteiger partial charge is 0.480 e. The summed E-state index contributed by atoms with van der Waals surface area (Å²) >= 11 is 0. The molecule has 0 bridgehead atoms. The van der Waals surface area contributed by atoms with E-state index in [1.807, 2.05) is 0 Å². The van der Waals surface area contributed by atoms with Crippen LogP contribution in [0.15, 0.2) is 0 Å². The van der Waals surface area contributed by atoms with E-state index in [0.29, 0.717) is 39.1 Å². The van der Waals surface area contributed by atoms with Crippen LogP contribution in [0.25, 0.3) is 0 Å². The molecule has 0 aromatic carbocycles. The van der Waals surface area contributed by atoms with Gasteiger partial charge in [-0.05, 0) is 38.5 Å². The molecule has 100 heavy (non-hydrogen) atoms. The highest BCUT2D eigenvalue weighted by Gasteiger charge is 2.51. The van der Waals surface area contributed by atoms with Crippen molar-refractivity contribution in [3.63, 3.8) is 0 Å². The normalized spacial score (nSPS) is 17.7. The first-order chi connectivity index (χ1) is 48.7. The van der Waals surface area contributed by atoms with Crippen LogP contribution in [0.2, 0.25) is 0 Å². The Kier molecular flexibility index (Phi) is 65.3. The first-order valence-electron chi connectivity index (χ1n) is 42.2. The molecule has 2 unspecified atom stereocenters. The number of hydrogen-bond donors (Lipinski definition) is 6. The van der Waals surface area contributed by atoms with Crippen LogP contribution in [0.3, 0.4) is 0 Å². The molecule has 1 fully saturated rings. The Labute approximate surface area is 612 Å². The highest BCUT2D eigenvalue weighted by atomic mass is 32.3. The lowest BCUT2D eigenvalue weighted by Gasteiger charge is -2.46. The van der Waals surface area contributed by atoms with E-state index in [2.05, 4.69) is 57.5 Å². The van der Waals surface area contributed by atoms with Crippen LogP contribution >= 0.6 is 0 Å². The van der Waals surface area contributed by atoms with Gasteiger partial charge in [0, 0.05) is 19.8 Å². The number of hydrogen-bond acceptors (Lipinski definition) is 13. The van der Waals surface area contributed by atoms with Crippen molar-refractivity contribution in [1.29, 1.82) is 0 Å². The highest BCUT2D eigenvalue weighted by molar-refractivity contribution is 7.80. The molecule has 0 aliphatic carbocycles. The van der Waals surface area contributed by atoms with E-state index in [4.69, 9.17) is 27.9 Å². The summed E-state index contributed by atoms with van der Waals surface area (Å²) in [5.74, 6) is -3.07. The van der Waals surface area contributed by atoms with Crippen molar-refractivity contribution in [3.8, 4) is 0 Å². The van der Waals surface area contributed by atoms with Crippen LogP contribution in [0.4, 0.5) is 0 Å². The second kappa shape index (κ2) is 68.3. The summed E-state index contributed by atoms with van der Waals surface area (Å²) in [6, 6.07) is -4.69. The molecule has 1 aliphatic heterocycles. The average molecular weight is 1450 g/mol. The van der Waals surface area contributed by atoms with Crippen LogP contribution in [0.1, 0.15) is 408 Å². The zero-order valence-corrected chi connectivity index (χ0v) is 66.0. The van der Waals surface area contributed by atoms with Crippen LogP contribution in [0.5, 0.6) is 0 Å². The molecule has 0 aromatic rings. The molecule has 1 rings (SSSR count). The topological polar surface area (TPSA) is 255 Å². The summed E-state index contributed by atoms with van der Waals surface area (Å²) in [4.78, 5) is 56.9. The SMILES string of the molecule is CCCCCCCCCCC[C@H](CC(=O)NC1[C@H](OC[C@H](NC(=O)C[C@@H](CCCCCCCCCCC)OCCCCCCCCCC)C(=O)O)OC(CO)[C@@H](OS(=O)(=O)O)[C@@H]1NC(=O)C[C@@H](CCCCCCCCCCC)OCCCCCCCCCC)OCCCCCCCCCC. The van der Waals surface area contributed by atoms with Crippen LogP contribution in [-0.2, 0) is 57.4 Å². The Morgan fingerprint density at radius 1 is 0.390 bits per heavy atom. The van der Waals surface area contributed by atoms with Gasteiger partial charge in [0.15, 0.2) is 12.3 Å². The minimum absolute atomic E-state index is 0.0734. The number of aliphatic hydroxyl groups is 1. The van der Waals surface area contributed by atoms with Crippen molar-refractivity contribution >= 4 is 34.1 Å². The van der Waals surface area contributed by atoms with Crippen LogP contribution < -0.4 is 16.0 Å². The molecule has 0 saturated carbocycles. The summed E-state index contributed by atoms with van der Waals surface area (Å²) < 4.78 is 73.5. The van der Waals surface area contributed by atoms with Gasteiger partial charge in [0.1, 0.15) is 18.2 Å². The number of carboxylic acids is 1. The molecule has 3 amide bonds. The maximum Gasteiger partial charge on any atom is 0.397 e. The Morgan fingerprint density at radius 2 is 0.660 bits per heavy atom. The standard InChI is InChI=1S/C81H157N3O15S/c1-7-13-19-25-31-37-40-46-52-58-69(94-61-55-49-43-34-28-22-16-10-4)64-74(86)82-72(80(89)90)68-97-81-78(84-76(88)66-71(60-54-48-42-39-33-27-21-15-9-3)96-63-57-51-45-36-30-24-18-12-6)77(79(73(67-85)98-81)99-100(91,92)93)83-75(87)65-70(59-53-47-41-38-32-26-20-14-8-2)95-62-56-50-44-35-29-23-17-11-5/h69-73,77-79,81,85H,7-68H2,1-6H3,(H,82,86)(H,83,87)(H,84,88)(H,89,90)(H,91,92,93)/t69-,70-,71-,72+,73?,77-,78?,79-,81-/m1/s1. The molecule has 592 valence electrons. The third-order valence-corrected chi connectivity index (χ3v) is 20.5. The molecule has 1 saturated heterocycles. The average Bonchev–Trinajstić information content (AvgIpc) is 0.781. The second-order valence-electron chi connectivity index (χ2n) is 29.6. The van der Waals surface area contributed by atoms with Crippen LogP contribution in [0, 0.1) is 0 Å². The number of aliphatic carboxylic acids is 1. The summed E-state index contributed by atoms with van der Waals surface area (Å²) in [6.07, 6.45) is 52.4. The first-order valence-corrected chi connectivity index (χ1v) is 43.5. The van der Waals surface area contributed by atoms with Gasteiger partial charge in [-0.2, -0.15) is 8.42 Å². The van der Waals surface area contributed by atoms with Gasteiger partial charge in [-0.3, -0.25) is 18.9 Å². The van der Waals surface area contributed by atoms with E-state index in [9.17, 15) is 42.4 Å². The number of unbranched alkanes of at least 4 members (excludes halogenated alkanes) is 45. The summed E-state index contributed by atoms with van der Waals surface area (Å²) in [7, 11) is -5.31. The lowest BCUT2D eigenvalue weighted by molar-refractivity contribution is -0.247. The lowest BCUT2D eigenvalue weighted by Crippen LogP contribution is -2.70. The number of amides is 3. The van der Waals surface area contributed by atoms with E-state index in [-0.39, 0.29) is 19.3 Å². The predicted octanol–water partition coefficient (Wildman–Crippen LogP) is 20.0. The monoisotopic (exact) mass is 1440 g/mol. The fraction of sp³-hybridized carbons (Fsp3) is 0.951. The molecular formula is C81H157N3O15S. The van der Waals surface area contributed by atoms with Crippen molar-refractivity contribution < 1.29 is 70.2 Å². The second-order valence-corrected chi connectivity index (χ2v) is 30.6. The highest BCUT2D eigenvalue weighted by Crippen LogP contribution is 2.28. The third-order valence-electron chi connectivity index (χ3n) is 20.0. The van der Waals surface area contributed by atoms with E-state index in [0.717, 1.165) is 148 Å². The number of carboxylic acid groups (broad SMARTS) is 1. The van der Waals surface area contributed by atoms with Crippen molar-refractivity contribution in [2.75, 3.05) is 33.0 Å². The summed E-state index contributed by atoms with van der Waals surface area (Å²) in [6.45, 7) is 13.1. The minimum Gasteiger partial charge on any atom is -0.480 e. The van der Waals surface area contributed by atoms with Gasteiger partial charge in [-0.15, -0.1) is 0 Å². The molecule has 6 N–H and O–H groups in total. The van der Waals surface area contributed by atoms with Crippen molar-refractivity contribution in [2.24, 2.45) is 0 Å². The maximum absolute atomic E-state index is 14.8. The van der Waals surface area contributed by atoms with Gasteiger partial charge in [-0.25, -0.2) is 8.98 Å². The van der Waals surface area contributed by atoms with Gasteiger partial charge in [0.2, 0.25) is 17.7 Å². The fourth-order valence-corrected chi connectivity index (χ4v) is 14.3. The van der Waals surface area contributed by atoms with Crippen molar-refractivity contribution in [2.45, 2.75) is 462 Å². The van der Waals surface area contributed by atoms with Gasteiger partial charge >= 0.3 is 16.4 Å². The molecular weight excluding hydrogens is 1290 g/mol. The molecule has 9 atom stereocenters. The third kappa shape index (κ3) is 55.9. The summed E-state index contributed by atoms with van der Waals surface area (Å²) in [5, 5.41) is 30.3. The smallest absolute Gasteiger partial charge is 0.397 e. The Bertz CT molecular complexity index is 1920. The quantitative estimate of drug-likeness (QED) is 0.0245. The fourth-order valence-electron chi connectivity index (χ4n) is 13.8. The first kappa shape index (κ1) is 95.5. The number of aliphatic hydroxyl groups excluding tert-OH is 1. The van der Waals surface area contributed by atoms with Gasteiger partial charge in [0.25, 0.3) is 0 Å². The zero-order valence-electron chi connectivity index (χ0n) is 65.2. The Hall–Kier alpha value is -2.49. The van der Waals surface area contributed by atoms with E-state index in [1.165, 1.54) is 180 Å². The van der Waals surface area contributed by atoms with E-state index in [1.54, 1.807) is 0 Å². The number of nitrogens with one attached hydrogen (secondary N) is 3. The lowest BCUT2D eigenvalue weighted by atomic mass is 9.93. The molecule has 0 radical (unpaired) electrons. The van der Waals surface area contributed by atoms with Crippen molar-refractivity contribution in [1.82, 2.24) is 16.0 Å². The van der Waals surface area contributed by atoms with Gasteiger partial charge < -0.3 is 49.8 Å². The zero-order chi connectivity index (χ0) is 73.2. The Morgan fingerprint density at radius 3 is 0.940 bits per heavy atom. The molecule has 1 heterocycles. The number of ether oxygens (including phenoxy) is 5. The molecule has 0 aromatic heterocycles. The molecule has 0 spiro atoms. The Balaban J connectivity index is 3.73. The number of carbonyl (C=O) groups is 4. The number of carbonyl (C=O) groups excluding carboxylic acids is 3. The van der Waals surface area contributed by atoms with Crippen molar-refractivity contribution in [3.05, 3.63) is 0 Å². The molecule has 18 nitrogen and oxygen atoms in total. The minimum atomic E-state index is -5.31. The van der Waals surface area contributed by atoms with Gasteiger partial charge in [0.05, 0.1) is 56.8 Å². The van der Waals surface area contributed by atoms with Gasteiger partial charge in [-0.1, -0.05) is 350 Å². The van der Waals surface area contributed by atoms with E-state index < -0.39 is 102 Å². The van der Waals surface area contributed by atoms with Crippen LogP contribution in [-0.4, -0.2) is 135 Å². The maximum atomic E-state index is 14.8. The van der Waals surface area contributed by atoms with E-state index >= 15 is 0 Å².